The molecule has 1 saturated heterocycles. The van der Waals surface area contributed by atoms with Crippen molar-refractivity contribution in [1.29, 1.82) is 0 Å². The monoisotopic (exact) mass is 650 g/mol. The third kappa shape index (κ3) is 7.33. The molecule has 47 heavy (non-hydrogen) atoms. The van der Waals surface area contributed by atoms with Crippen LogP contribution in [0.2, 0.25) is 25.7 Å². The average Bonchev–Trinajstić information content (AvgIpc) is 3.42. The average molecular weight is 651 g/mol. The van der Waals surface area contributed by atoms with E-state index in [1.165, 1.54) is 4.90 Å². The highest BCUT2D eigenvalue weighted by atomic mass is 28.3. The first-order valence-corrected chi connectivity index (χ1v) is 20.0. The Labute approximate surface area is 276 Å². The van der Waals surface area contributed by atoms with Crippen LogP contribution in [0.5, 0.6) is 0 Å². The van der Waals surface area contributed by atoms with E-state index in [2.05, 4.69) is 29.9 Å². The Balaban J connectivity index is 1.29. The number of aromatic amines is 1. The third-order valence-electron chi connectivity index (χ3n) is 9.06. The van der Waals surface area contributed by atoms with Crippen LogP contribution in [0.3, 0.4) is 0 Å². The molecular formula is C37H42N4O5Si. The molecule has 2 aliphatic heterocycles. The largest absolute Gasteiger partial charge is 0.466 e. The summed E-state index contributed by atoms with van der Waals surface area (Å²) in [7, 11) is -1.39. The zero-order chi connectivity index (χ0) is 33.1. The van der Waals surface area contributed by atoms with E-state index in [9.17, 15) is 19.2 Å². The number of para-hydroxylation sites is 1. The molecule has 10 heteroatoms. The zero-order valence-electron chi connectivity index (χ0n) is 27.2. The van der Waals surface area contributed by atoms with Gasteiger partial charge in [-0.1, -0.05) is 98.5 Å². The van der Waals surface area contributed by atoms with Gasteiger partial charge >= 0.3 is 12.0 Å². The Morgan fingerprint density at radius 2 is 1.57 bits per heavy atom. The Bertz CT molecular complexity index is 1770. The minimum atomic E-state index is -1.39. The highest BCUT2D eigenvalue weighted by Gasteiger charge is 2.49. The first kappa shape index (κ1) is 32.2. The van der Waals surface area contributed by atoms with E-state index >= 15 is 0 Å². The minimum absolute atomic E-state index is 0.00732. The van der Waals surface area contributed by atoms with Crippen molar-refractivity contribution >= 4 is 42.8 Å². The molecule has 4 amide bonds. The molecule has 0 aliphatic carbocycles. The number of carbonyl (C=O) groups is 4. The summed E-state index contributed by atoms with van der Waals surface area (Å²) in [4.78, 5) is 61.4. The van der Waals surface area contributed by atoms with Crippen LogP contribution in [0.4, 0.5) is 4.79 Å². The van der Waals surface area contributed by atoms with Gasteiger partial charge in [-0.25, -0.2) is 4.79 Å². The summed E-state index contributed by atoms with van der Waals surface area (Å²) >= 11 is 0. The Morgan fingerprint density at radius 3 is 2.28 bits per heavy atom. The summed E-state index contributed by atoms with van der Waals surface area (Å²) in [5.74, 6) is -1.00. The van der Waals surface area contributed by atoms with Crippen LogP contribution in [0.25, 0.3) is 10.9 Å². The lowest BCUT2D eigenvalue weighted by Crippen LogP contribution is -2.62. The molecular weight excluding hydrogens is 609 g/mol. The topological polar surface area (TPSA) is 112 Å². The number of carbonyl (C=O) groups excluding carboxylic acids is 4. The number of ether oxygens (including phenoxy) is 1. The standard InChI is InChI=1S/C37H42N4O5Si/c1-47(2,3)19-18-46-34(43)21-27(20-25-12-6-4-7-13-25)38-36(44)32-22-29-28-16-10-11-17-30(28)39-35(29)31-23-33(42)40(37(45)41(31)32)24-26-14-8-5-9-15-26/h4-17,27,31-32,39H,18-24H2,1-3H3,(H,38,44)/t27-,31-,32+/m1/s1. The number of imide groups is 1. The van der Waals surface area contributed by atoms with E-state index in [4.69, 9.17) is 4.74 Å². The molecule has 1 fully saturated rings. The number of amides is 4. The van der Waals surface area contributed by atoms with Crippen molar-refractivity contribution in [1.82, 2.24) is 20.1 Å². The molecule has 6 rings (SSSR count). The lowest BCUT2D eigenvalue weighted by atomic mass is 9.88. The van der Waals surface area contributed by atoms with Gasteiger partial charge in [0.2, 0.25) is 11.8 Å². The number of fused-ring (bicyclic) bond motifs is 5. The molecule has 2 aliphatic rings. The lowest BCUT2D eigenvalue weighted by molar-refractivity contribution is -0.144. The second kappa shape index (κ2) is 13.6. The number of urea groups is 1. The van der Waals surface area contributed by atoms with Gasteiger partial charge in [0, 0.05) is 37.1 Å². The number of hydrogen-bond acceptors (Lipinski definition) is 5. The molecule has 2 N–H and O–H groups in total. The van der Waals surface area contributed by atoms with Crippen LogP contribution in [-0.2, 0) is 38.5 Å². The molecule has 1 aromatic heterocycles. The number of nitrogens with zero attached hydrogens (tertiary/aromatic N) is 2. The summed E-state index contributed by atoms with van der Waals surface area (Å²) in [5, 5.41) is 4.11. The SMILES string of the molecule is C[Si](C)(C)CCOC(=O)C[C@@H](Cc1ccccc1)NC(=O)[C@@H]1Cc2c([nH]c3ccccc23)[C@H]2CC(=O)N(Cc3ccccc3)C(=O)N21. The highest BCUT2D eigenvalue weighted by molar-refractivity contribution is 6.76. The maximum atomic E-state index is 14.4. The minimum Gasteiger partial charge on any atom is -0.466 e. The van der Waals surface area contributed by atoms with Crippen LogP contribution in [0, 0.1) is 0 Å². The fourth-order valence-corrected chi connectivity index (χ4v) is 7.32. The molecule has 3 heterocycles. The number of H-pyrrole nitrogens is 1. The van der Waals surface area contributed by atoms with Crippen molar-refractivity contribution in [2.45, 2.75) is 76.0 Å². The number of esters is 1. The molecule has 244 valence electrons. The first-order valence-electron chi connectivity index (χ1n) is 16.3. The van der Waals surface area contributed by atoms with Crippen molar-refractivity contribution < 1.29 is 23.9 Å². The maximum absolute atomic E-state index is 14.4. The van der Waals surface area contributed by atoms with Gasteiger partial charge < -0.3 is 19.9 Å². The molecule has 0 unspecified atom stereocenters. The van der Waals surface area contributed by atoms with Gasteiger partial charge in [-0.05, 0) is 35.2 Å². The number of hydrogen-bond donors (Lipinski definition) is 2. The van der Waals surface area contributed by atoms with Crippen LogP contribution in [0.15, 0.2) is 84.9 Å². The Hall–Kier alpha value is -4.70. The van der Waals surface area contributed by atoms with Gasteiger partial charge in [0.15, 0.2) is 0 Å². The summed E-state index contributed by atoms with van der Waals surface area (Å²) in [6.45, 7) is 7.17. The first-order chi connectivity index (χ1) is 22.6. The van der Waals surface area contributed by atoms with Gasteiger partial charge in [0.25, 0.3) is 0 Å². The van der Waals surface area contributed by atoms with E-state index in [1.54, 1.807) is 4.90 Å². The molecule has 0 spiro atoms. The number of rotatable bonds is 11. The molecule has 0 saturated carbocycles. The predicted molar refractivity (Wildman–Crippen MR) is 183 cm³/mol. The summed E-state index contributed by atoms with van der Waals surface area (Å²) in [6, 6.07) is 25.2. The van der Waals surface area contributed by atoms with Gasteiger partial charge in [0.05, 0.1) is 32.0 Å². The van der Waals surface area contributed by atoms with Crippen molar-refractivity contribution in [2.75, 3.05) is 6.61 Å². The van der Waals surface area contributed by atoms with Crippen molar-refractivity contribution in [2.24, 2.45) is 0 Å². The van der Waals surface area contributed by atoms with Gasteiger partial charge in [-0.2, -0.15) is 0 Å². The van der Waals surface area contributed by atoms with Crippen LogP contribution in [0.1, 0.15) is 41.3 Å². The van der Waals surface area contributed by atoms with Crippen molar-refractivity contribution in [3.05, 3.63) is 107 Å². The number of aromatic nitrogens is 1. The number of benzene rings is 3. The summed E-state index contributed by atoms with van der Waals surface area (Å²) < 4.78 is 5.61. The number of nitrogens with one attached hydrogen (secondary N) is 2. The highest BCUT2D eigenvalue weighted by Crippen LogP contribution is 2.42. The fraction of sp³-hybridized carbons (Fsp3) is 0.351. The maximum Gasteiger partial charge on any atom is 0.328 e. The summed E-state index contributed by atoms with van der Waals surface area (Å²) in [5.41, 5.74) is 4.43. The second-order valence-electron chi connectivity index (χ2n) is 13.8. The van der Waals surface area contributed by atoms with E-state index in [-0.39, 0.29) is 43.6 Å². The van der Waals surface area contributed by atoms with Crippen LogP contribution >= 0.6 is 0 Å². The molecule has 3 atom stereocenters. The third-order valence-corrected chi connectivity index (χ3v) is 10.8. The predicted octanol–water partition coefficient (Wildman–Crippen LogP) is 5.99. The van der Waals surface area contributed by atoms with Crippen LogP contribution < -0.4 is 5.32 Å². The van der Waals surface area contributed by atoms with Crippen molar-refractivity contribution in [3.8, 4) is 0 Å². The van der Waals surface area contributed by atoms with Crippen molar-refractivity contribution in [3.63, 3.8) is 0 Å². The van der Waals surface area contributed by atoms with E-state index in [1.807, 2.05) is 84.9 Å². The molecule has 3 aromatic carbocycles. The molecule has 9 nitrogen and oxygen atoms in total. The van der Waals surface area contributed by atoms with E-state index in [0.29, 0.717) is 13.0 Å². The van der Waals surface area contributed by atoms with Gasteiger partial charge in [0.1, 0.15) is 6.04 Å². The fourth-order valence-electron chi connectivity index (χ4n) is 6.60. The van der Waals surface area contributed by atoms with E-state index < -0.39 is 32.2 Å². The molecule has 0 bridgehead atoms. The van der Waals surface area contributed by atoms with Gasteiger partial charge in [-0.3, -0.25) is 19.3 Å². The summed E-state index contributed by atoms with van der Waals surface area (Å²) in [6.07, 6.45) is 0.767. The molecule has 4 aromatic rings. The van der Waals surface area contributed by atoms with E-state index in [0.717, 1.165) is 39.3 Å². The van der Waals surface area contributed by atoms with Crippen LogP contribution in [-0.4, -0.2) is 65.4 Å². The normalized spacial score (nSPS) is 18.4. The Morgan fingerprint density at radius 1 is 0.915 bits per heavy atom. The second-order valence-corrected chi connectivity index (χ2v) is 19.4. The quantitative estimate of drug-likeness (QED) is 0.153. The van der Waals surface area contributed by atoms with Gasteiger partial charge in [-0.15, -0.1) is 0 Å². The lowest BCUT2D eigenvalue weighted by Gasteiger charge is -2.46. The zero-order valence-corrected chi connectivity index (χ0v) is 28.2. The molecule has 0 radical (unpaired) electrons. The smallest absolute Gasteiger partial charge is 0.328 e. The Kier molecular flexibility index (Phi) is 9.31.